The summed E-state index contributed by atoms with van der Waals surface area (Å²) in [5.74, 6) is 0.116. The van der Waals surface area contributed by atoms with E-state index in [0.717, 1.165) is 17.5 Å². The van der Waals surface area contributed by atoms with Gasteiger partial charge in [-0.3, -0.25) is 10.1 Å². The number of amides is 1. The standard InChI is InChI=1S/C21H23BrFN3O3/c1-3-28-12-6-11-26-18-8-5-4-7-17(18)24-21(26)25-20(27)14(2)29-19-10-9-15(23)13-16(19)22/h4-5,7-10,13-14H,3,6,11-12H2,1-2H3,(H,24,25,27). The normalized spacial score (nSPS) is 12.1. The summed E-state index contributed by atoms with van der Waals surface area (Å²) in [5.41, 5.74) is 1.74. The average Bonchev–Trinajstić information content (AvgIpc) is 3.04. The van der Waals surface area contributed by atoms with Crippen LogP contribution in [0.25, 0.3) is 11.0 Å². The van der Waals surface area contributed by atoms with Gasteiger partial charge in [0.1, 0.15) is 11.6 Å². The number of anilines is 1. The van der Waals surface area contributed by atoms with E-state index in [9.17, 15) is 9.18 Å². The number of imidazole rings is 1. The predicted octanol–water partition coefficient (Wildman–Crippen LogP) is 4.77. The number of aromatic nitrogens is 2. The molecule has 1 amide bonds. The maximum absolute atomic E-state index is 13.2. The Kier molecular flexibility index (Phi) is 7.22. The topological polar surface area (TPSA) is 65.4 Å². The second-order valence-corrected chi connectivity index (χ2v) is 7.30. The second-order valence-electron chi connectivity index (χ2n) is 6.45. The summed E-state index contributed by atoms with van der Waals surface area (Å²) in [4.78, 5) is 17.2. The number of nitrogens with one attached hydrogen (secondary N) is 1. The Morgan fingerprint density at radius 3 is 2.86 bits per heavy atom. The van der Waals surface area contributed by atoms with Crippen LogP contribution in [-0.2, 0) is 16.1 Å². The van der Waals surface area contributed by atoms with Crippen LogP contribution in [0, 0.1) is 5.82 Å². The molecule has 0 aliphatic rings. The van der Waals surface area contributed by atoms with Crippen molar-refractivity contribution in [1.82, 2.24) is 9.55 Å². The van der Waals surface area contributed by atoms with E-state index in [2.05, 4.69) is 26.2 Å². The largest absolute Gasteiger partial charge is 0.480 e. The quantitative estimate of drug-likeness (QED) is 0.464. The minimum absolute atomic E-state index is 0.345. The molecule has 0 fully saturated rings. The van der Waals surface area contributed by atoms with E-state index in [-0.39, 0.29) is 11.7 Å². The molecule has 0 aliphatic heterocycles. The summed E-state index contributed by atoms with van der Waals surface area (Å²) in [7, 11) is 0. The highest BCUT2D eigenvalue weighted by molar-refractivity contribution is 9.10. The highest BCUT2D eigenvalue weighted by Gasteiger charge is 2.20. The Labute approximate surface area is 177 Å². The highest BCUT2D eigenvalue weighted by atomic mass is 79.9. The van der Waals surface area contributed by atoms with E-state index in [1.54, 1.807) is 6.92 Å². The van der Waals surface area contributed by atoms with Crippen molar-refractivity contribution in [2.45, 2.75) is 32.9 Å². The van der Waals surface area contributed by atoms with E-state index in [1.165, 1.54) is 18.2 Å². The van der Waals surface area contributed by atoms with Gasteiger partial charge in [-0.05, 0) is 66.5 Å². The number of aryl methyl sites for hydroxylation is 1. The zero-order chi connectivity index (χ0) is 20.8. The van der Waals surface area contributed by atoms with Gasteiger partial charge in [0.2, 0.25) is 5.95 Å². The molecule has 0 saturated carbocycles. The predicted molar refractivity (Wildman–Crippen MR) is 114 cm³/mol. The Bertz CT molecular complexity index is 992. The maximum Gasteiger partial charge on any atom is 0.267 e. The number of hydrogen-bond acceptors (Lipinski definition) is 4. The average molecular weight is 464 g/mol. The number of ether oxygens (including phenoxy) is 2. The summed E-state index contributed by atoms with van der Waals surface area (Å²) in [6.45, 7) is 5.55. The molecule has 3 rings (SSSR count). The molecule has 1 unspecified atom stereocenters. The van der Waals surface area contributed by atoms with Gasteiger partial charge in [-0.15, -0.1) is 0 Å². The van der Waals surface area contributed by atoms with Gasteiger partial charge < -0.3 is 14.0 Å². The fraction of sp³-hybridized carbons (Fsp3) is 0.333. The molecule has 1 aromatic heterocycles. The lowest BCUT2D eigenvalue weighted by atomic mass is 10.3. The van der Waals surface area contributed by atoms with Gasteiger partial charge in [-0.25, -0.2) is 9.37 Å². The van der Waals surface area contributed by atoms with Crippen LogP contribution in [0.3, 0.4) is 0 Å². The van der Waals surface area contributed by atoms with Crippen molar-refractivity contribution in [3.63, 3.8) is 0 Å². The summed E-state index contributed by atoms with van der Waals surface area (Å²) in [5, 5.41) is 2.85. The SMILES string of the molecule is CCOCCCn1c(NC(=O)C(C)Oc2ccc(F)cc2Br)nc2ccccc21. The third kappa shape index (κ3) is 5.33. The number of carbonyl (C=O) groups is 1. The molecule has 8 heteroatoms. The first kappa shape index (κ1) is 21.3. The molecule has 154 valence electrons. The third-order valence-electron chi connectivity index (χ3n) is 4.33. The van der Waals surface area contributed by atoms with Gasteiger partial charge in [-0.2, -0.15) is 0 Å². The van der Waals surface area contributed by atoms with E-state index in [1.807, 2.05) is 35.8 Å². The molecule has 0 saturated heterocycles. The molecule has 29 heavy (non-hydrogen) atoms. The number of para-hydroxylation sites is 2. The van der Waals surface area contributed by atoms with Gasteiger partial charge >= 0.3 is 0 Å². The number of benzene rings is 2. The first-order valence-corrected chi connectivity index (χ1v) is 10.2. The third-order valence-corrected chi connectivity index (χ3v) is 4.95. The van der Waals surface area contributed by atoms with Crippen molar-refractivity contribution in [1.29, 1.82) is 0 Å². The van der Waals surface area contributed by atoms with Crippen LogP contribution in [0.5, 0.6) is 5.75 Å². The van der Waals surface area contributed by atoms with Crippen LogP contribution in [-0.4, -0.2) is 34.8 Å². The molecule has 3 aromatic rings. The van der Waals surface area contributed by atoms with Crippen molar-refractivity contribution in [2.24, 2.45) is 0 Å². The minimum Gasteiger partial charge on any atom is -0.480 e. The molecule has 1 heterocycles. The number of nitrogens with zero attached hydrogens (tertiary/aromatic N) is 2. The number of halogens is 2. The lowest BCUT2D eigenvalue weighted by Gasteiger charge is -2.16. The smallest absolute Gasteiger partial charge is 0.267 e. The number of fused-ring (bicyclic) bond motifs is 1. The van der Waals surface area contributed by atoms with Crippen molar-refractivity contribution in [2.75, 3.05) is 18.5 Å². The summed E-state index contributed by atoms with van der Waals surface area (Å²) < 4.78 is 26.7. The van der Waals surface area contributed by atoms with E-state index >= 15 is 0 Å². The monoisotopic (exact) mass is 463 g/mol. The Morgan fingerprint density at radius 1 is 1.31 bits per heavy atom. The number of rotatable bonds is 9. The maximum atomic E-state index is 13.2. The molecular weight excluding hydrogens is 441 g/mol. The van der Waals surface area contributed by atoms with Crippen LogP contribution in [0.4, 0.5) is 10.3 Å². The van der Waals surface area contributed by atoms with Crippen molar-refractivity contribution in [3.8, 4) is 5.75 Å². The molecule has 0 spiro atoms. The molecule has 0 bridgehead atoms. The van der Waals surface area contributed by atoms with Gasteiger partial charge in [0, 0.05) is 19.8 Å². The number of carbonyl (C=O) groups excluding carboxylic acids is 1. The van der Waals surface area contributed by atoms with Crippen LogP contribution in [0.1, 0.15) is 20.3 Å². The van der Waals surface area contributed by atoms with Gasteiger partial charge in [0.25, 0.3) is 5.91 Å². The summed E-state index contributed by atoms with van der Waals surface area (Å²) >= 11 is 3.24. The van der Waals surface area contributed by atoms with E-state index < -0.39 is 6.10 Å². The molecule has 6 nitrogen and oxygen atoms in total. The molecule has 1 N–H and O–H groups in total. The first-order valence-electron chi connectivity index (χ1n) is 9.45. The lowest BCUT2D eigenvalue weighted by Crippen LogP contribution is -2.31. The summed E-state index contributed by atoms with van der Waals surface area (Å²) in [6.07, 6.45) is -0.000467. The second kappa shape index (κ2) is 9.84. The van der Waals surface area contributed by atoms with Gasteiger partial charge in [0.05, 0.1) is 15.5 Å². The zero-order valence-corrected chi connectivity index (χ0v) is 17.9. The van der Waals surface area contributed by atoms with Crippen LogP contribution in [0.15, 0.2) is 46.9 Å². The van der Waals surface area contributed by atoms with Gasteiger partial charge in [0.15, 0.2) is 6.10 Å². The van der Waals surface area contributed by atoms with Crippen LogP contribution >= 0.6 is 15.9 Å². The number of hydrogen-bond donors (Lipinski definition) is 1. The van der Waals surface area contributed by atoms with E-state index in [4.69, 9.17) is 9.47 Å². The molecule has 1 atom stereocenters. The Hall–Kier alpha value is -2.45. The molecule has 0 radical (unpaired) electrons. The van der Waals surface area contributed by atoms with Crippen molar-refractivity contribution in [3.05, 3.63) is 52.8 Å². The van der Waals surface area contributed by atoms with Crippen LogP contribution in [0.2, 0.25) is 0 Å². The fourth-order valence-electron chi connectivity index (χ4n) is 2.89. The van der Waals surface area contributed by atoms with Crippen molar-refractivity contribution < 1.29 is 18.7 Å². The van der Waals surface area contributed by atoms with E-state index in [0.29, 0.717) is 35.9 Å². The summed E-state index contributed by atoms with van der Waals surface area (Å²) in [6, 6.07) is 11.8. The first-order chi connectivity index (χ1) is 14.0. The fourth-order valence-corrected chi connectivity index (χ4v) is 3.34. The highest BCUT2D eigenvalue weighted by Crippen LogP contribution is 2.27. The Balaban J connectivity index is 1.74. The molecule has 2 aromatic carbocycles. The Morgan fingerprint density at radius 2 is 2.10 bits per heavy atom. The van der Waals surface area contributed by atoms with Crippen molar-refractivity contribution >= 4 is 38.8 Å². The van der Waals surface area contributed by atoms with Crippen LogP contribution < -0.4 is 10.1 Å². The molecular formula is C21H23BrFN3O3. The minimum atomic E-state index is -0.798. The lowest BCUT2D eigenvalue weighted by molar-refractivity contribution is -0.122. The van der Waals surface area contributed by atoms with Gasteiger partial charge in [-0.1, -0.05) is 12.1 Å². The molecule has 0 aliphatic carbocycles. The zero-order valence-electron chi connectivity index (χ0n) is 16.3.